The summed E-state index contributed by atoms with van der Waals surface area (Å²) in [5.74, 6) is -1.50. The highest BCUT2D eigenvalue weighted by atomic mass is 19.1. The van der Waals surface area contributed by atoms with E-state index in [1.807, 2.05) is 18.7 Å². The van der Waals surface area contributed by atoms with Gasteiger partial charge in [-0.2, -0.15) is 0 Å². The number of carboxylic acid groups (broad SMARTS) is 1. The van der Waals surface area contributed by atoms with Gasteiger partial charge in [0.2, 0.25) is 0 Å². The normalized spacial score (nSPS) is 23.4. The largest absolute Gasteiger partial charge is 0.478 e. The Balaban J connectivity index is 2.40. The Morgan fingerprint density at radius 3 is 3.05 bits per heavy atom. The molecule has 0 aromatic carbocycles. The zero-order valence-corrected chi connectivity index (χ0v) is 11.0. The first-order chi connectivity index (χ1) is 9.02. The second-order valence-electron chi connectivity index (χ2n) is 4.69. The minimum atomic E-state index is -1.17. The van der Waals surface area contributed by atoms with E-state index in [-0.39, 0.29) is 17.7 Å². The molecule has 104 valence electrons. The maximum Gasteiger partial charge on any atom is 0.339 e. The number of rotatable bonds is 3. The number of nitrogens with zero attached hydrogens (tertiary/aromatic N) is 2. The maximum absolute atomic E-state index is 13.2. The predicted molar refractivity (Wildman–Crippen MR) is 68.0 cm³/mol. The van der Waals surface area contributed by atoms with Crippen LogP contribution in [0.1, 0.15) is 30.6 Å². The van der Waals surface area contributed by atoms with Crippen LogP contribution in [0.2, 0.25) is 0 Å². The molecule has 1 aromatic heterocycles. The third kappa shape index (κ3) is 2.84. The smallest absolute Gasteiger partial charge is 0.339 e. The molecule has 19 heavy (non-hydrogen) atoms. The van der Waals surface area contributed by atoms with Gasteiger partial charge in [0.1, 0.15) is 17.2 Å². The van der Waals surface area contributed by atoms with Crippen LogP contribution in [0.25, 0.3) is 0 Å². The van der Waals surface area contributed by atoms with Crippen molar-refractivity contribution in [1.82, 2.24) is 4.98 Å². The van der Waals surface area contributed by atoms with Crippen molar-refractivity contribution in [3.05, 3.63) is 23.6 Å². The number of anilines is 1. The number of aromatic carboxylic acids is 1. The van der Waals surface area contributed by atoms with Crippen LogP contribution in [-0.2, 0) is 4.74 Å². The van der Waals surface area contributed by atoms with Crippen molar-refractivity contribution < 1.29 is 19.0 Å². The Morgan fingerprint density at radius 2 is 2.42 bits per heavy atom. The number of carboxylic acids is 1. The predicted octanol–water partition coefficient (Wildman–Crippen LogP) is 1.92. The van der Waals surface area contributed by atoms with Crippen molar-refractivity contribution in [3.63, 3.8) is 0 Å². The average Bonchev–Trinajstić information content (AvgIpc) is 2.38. The van der Waals surface area contributed by atoms with Crippen molar-refractivity contribution >= 4 is 11.8 Å². The average molecular weight is 268 g/mol. The molecule has 1 fully saturated rings. The van der Waals surface area contributed by atoms with E-state index < -0.39 is 11.8 Å². The van der Waals surface area contributed by atoms with Gasteiger partial charge >= 0.3 is 5.97 Å². The summed E-state index contributed by atoms with van der Waals surface area (Å²) >= 11 is 0. The van der Waals surface area contributed by atoms with Gasteiger partial charge < -0.3 is 14.7 Å². The first-order valence-corrected chi connectivity index (χ1v) is 6.30. The molecular weight excluding hydrogens is 251 g/mol. The molecule has 2 heterocycles. The molecule has 6 heteroatoms. The lowest BCUT2D eigenvalue weighted by Gasteiger charge is -2.39. The summed E-state index contributed by atoms with van der Waals surface area (Å²) in [6.07, 6.45) is 1.86. The summed E-state index contributed by atoms with van der Waals surface area (Å²) in [4.78, 5) is 17.1. The van der Waals surface area contributed by atoms with Gasteiger partial charge in [0.15, 0.2) is 0 Å². The van der Waals surface area contributed by atoms with Gasteiger partial charge in [-0.1, -0.05) is 6.92 Å². The van der Waals surface area contributed by atoms with E-state index in [1.54, 1.807) is 0 Å². The number of carbonyl (C=O) groups is 1. The highest BCUT2D eigenvalue weighted by Gasteiger charge is 2.29. The van der Waals surface area contributed by atoms with Crippen LogP contribution in [0.15, 0.2) is 12.3 Å². The van der Waals surface area contributed by atoms with E-state index >= 15 is 0 Å². The summed E-state index contributed by atoms with van der Waals surface area (Å²) in [7, 11) is 0. The van der Waals surface area contributed by atoms with E-state index in [1.165, 1.54) is 0 Å². The maximum atomic E-state index is 13.2. The first kappa shape index (κ1) is 13.7. The third-order valence-corrected chi connectivity index (χ3v) is 3.27. The molecule has 2 atom stereocenters. The molecule has 2 rings (SSSR count). The van der Waals surface area contributed by atoms with E-state index in [4.69, 9.17) is 4.74 Å². The number of hydrogen-bond acceptors (Lipinski definition) is 4. The van der Waals surface area contributed by atoms with Crippen molar-refractivity contribution in [1.29, 1.82) is 0 Å². The summed E-state index contributed by atoms with van der Waals surface area (Å²) < 4.78 is 18.7. The van der Waals surface area contributed by atoms with E-state index in [0.29, 0.717) is 19.0 Å². The van der Waals surface area contributed by atoms with E-state index in [9.17, 15) is 14.3 Å². The van der Waals surface area contributed by atoms with E-state index in [2.05, 4.69) is 4.98 Å². The monoisotopic (exact) mass is 268 g/mol. The fourth-order valence-electron chi connectivity index (χ4n) is 2.26. The number of hydrogen-bond donors (Lipinski definition) is 1. The molecule has 1 aromatic rings. The number of pyridine rings is 1. The Hall–Kier alpha value is -1.69. The molecule has 0 aliphatic carbocycles. The summed E-state index contributed by atoms with van der Waals surface area (Å²) in [5, 5.41) is 9.18. The lowest BCUT2D eigenvalue weighted by atomic mass is 10.1. The standard InChI is InChI=1S/C13H17FN2O3/c1-3-10-7-19-8(2)6-16(10)12-11(13(17)18)4-9(14)5-15-12/h4-5,8,10H,3,6-7H2,1-2H3,(H,17,18). The number of morpholine rings is 1. The topological polar surface area (TPSA) is 62.7 Å². The SMILES string of the molecule is CCC1COC(C)CN1c1ncc(F)cc1C(=O)O. The zero-order chi connectivity index (χ0) is 14.0. The number of ether oxygens (including phenoxy) is 1. The third-order valence-electron chi connectivity index (χ3n) is 3.27. The first-order valence-electron chi connectivity index (χ1n) is 6.30. The lowest BCUT2D eigenvalue weighted by Crippen LogP contribution is -2.49. The molecule has 1 N–H and O–H groups in total. The zero-order valence-electron chi connectivity index (χ0n) is 11.0. The van der Waals surface area contributed by atoms with Gasteiger partial charge in [0.25, 0.3) is 0 Å². The molecule has 0 amide bonds. The molecular formula is C13H17FN2O3. The van der Waals surface area contributed by atoms with Crippen molar-refractivity contribution in [2.45, 2.75) is 32.4 Å². The van der Waals surface area contributed by atoms with Gasteiger partial charge in [-0.15, -0.1) is 0 Å². The van der Waals surface area contributed by atoms with Crippen LogP contribution < -0.4 is 4.90 Å². The lowest BCUT2D eigenvalue weighted by molar-refractivity contribution is 0.0294. The van der Waals surface area contributed by atoms with Crippen LogP contribution in [-0.4, -0.2) is 41.4 Å². The van der Waals surface area contributed by atoms with Crippen molar-refractivity contribution in [2.75, 3.05) is 18.1 Å². The summed E-state index contributed by atoms with van der Waals surface area (Å²) in [5.41, 5.74) is -0.104. The summed E-state index contributed by atoms with van der Waals surface area (Å²) in [6.45, 7) is 5.00. The Bertz CT molecular complexity index is 481. The van der Waals surface area contributed by atoms with Gasteiger partial charge in [0.05, 0.1) is 24.9 Å². The quantitative estimate of drug-likeness (QED) is 0.907. The molecule has 2 unspecified atom stereocenters. The van der Waals surface area contributed by atoms with Crippen LogP contribution in [0, 0.1) is 5.82 Å². The highest BCUT2D eigenvalue weighted by molar-refractivity contribution is 5.93. The van der Waals surface area contributed by atoms with Crippen LogP contribution in [0.5, 0.6) is 0 Å². The fourth-order valence-corrected chi connectivity index (χ4v) is 2.26. The molecule has 1 saturated heterocycles. The second-order valence-corrected chi connectivity index (χ2v) is 4.69. The Morgan fingerprint density at radius 1 is 1.68 bits per heavy atom. The number of halogens is 1. The molecule has 0 bridgehead atoms. The summed E-state index contributed by atoms with van der Waals surface area (Å²) in [6, 6.07) is 1.07. The molecule has 1 aliphatic rings. The Labute approximate surface area is 111 Å². The van der Waals surface area contributed by atoms with Gasteiger partial charge in [-0.3, -0.25) is 0 Å². The van der Waals surface area contributed by atoms with Gasteiger partial charge in [0, 0.05) is 6.54 Å². The molecule has 5 nitrogen and oxygen atoms in total. The van der Waals surface area contributed by atoms with Crippen LogP contribution >= 0.6 is 0 Å². The fraction of sp³-hybridized carbons (Fsp3) is 0.538. The van der Waals surface area contributed by atoms with Crippen LogP contribution in [0.3, 0.4) is 0 Å². The van der Waals surface area contributed by atoms with Crippen molar-refractivity contribution in [2.24, 2.45) is 0 Å². The van der Waals surface area contributed by atoms with Gasteiger partial charge in [-0.25, -0.2) is 14.2 Å². The van der Waals surface area contributed by atoms with Crippen LogP contribution in [0.4, 0.5) is 10.2 Å². The second kappa shape index (κ2) is 5.52. The van der Waals surface area contributed by atoms with Crippen molar-refractivity contribution in [3.8, 4) is 0 Å². The molecule has 0 radical (unpaired) electrons. The molecule has 0 saturated carbocycles. The Kier molecular flexibility index (Phi) is 3.99. The minimum absolute atomic E-state index is 0.00343. The molecule has 0 spiro atoms. The number of aromatic nitrogens is 1. The molecule has 1 aliphatic heterocycles. The van der Waals surface area contributed by atoms with E-state index in [0.717, 1.165) is 18.7 Å². The highest BCUT2D eigenvalue weighted by Crippen LogP contribution is 2.25. The minimum Gasteiger partial charge on any atom is -0.478 e. The van der Waals surface area contributed by atoms with Gasteiger partial charge in [-0.05, 0) is 19.4 Å².